The lowest BCUT2D eigenvalue weighted by Gasteiger charge is -2.27. The summed E-state index contributed by atoms with van der Waals surface area (Å²) in [5.74, 6) is 0.179. The monoisotopic (exact) mass is 608 g/mol. The number of fused-ring (bicyclic) bond motifs is 1. The number of anilines is 1. The van der Waals surface area contributed by atoms with Crippen molar-refractivity contribution in [2.75, 3.05) is 31.3 Å². The number of hydrogen-bond donors (Lipinski definition) is 5. The minimum Gasteiger partial charge on any atom is -0.398 e. The number of benzene rings is 1. The molecule has 1 aliphatic rings. The van der Waals surface area contributed by atoms with Crippen molar-refractivity contribution < 1.29 is 38.5 Å². The van der Waals surface area contributed by atoms with E-state index in [0.29, 0.717) is 16.7 Å². The molecule has 1 fully saturated rings. The van der Waals surface area contributed by atoms with Crippen LogP contribution in [0.15, 0.2) is 54.9 Å². The summed E-state index contributed by atoms with van der Waals surface area (Å²) >= 11 is 0.964. The van der Waals surface area contributed by atoms with Crippen LogP contribution < -0.4 is 10.8 Å². The molecule has 0 bridgehead atoms. The number of hydrogen-bond acceptors (Lipinski definition) is 11. The molecule has 1 aromatic carbocycles. The molecule has 0 saturated carbocycles. The van der Waals surface area contributed by atoms with E-state index in [0.717, 1.165) is 17.3 Å². The zero-order valence-electron chi connectivity index (χ0n) is 23.2. The number of carbonyl (C=O) groups excluding carboxylic acids is 1. The van der Waals surface area contributed by atoms with Gasteiger partial charge >= 0.3 is 7.75 Å². The highest BCUT2D eigenvalue weighted by atomic mass is 32.2. The molecule has 1 saturated heterocycles. The van der Waals surface area contributed by atoms with Crippen LogP contribution in [0.2, 0.25) is 0 Å². The Morgan fingerprint density at radius 2 is 2.00 bits per heavy atom. The summed E-state index contributed by atoms with van der Waals surface area (Å²) in [6.07, 6.45) is -0.298. The molecule has 3 heterocycles. The van der Waals surface area contributed by atoms with Gasteiger partial charge in [0.1, 0.15) is 23.5 Å². The molecule has 224 valence electrons. The van der Waals surface area contributed by atoms with E-state index in [9.17, 15) is 24.7 Å². The van der Waals surface area contributed by atoms with Crippen LogP contribution in [0.3, 0.4) is 0 Å². The minimum atomic E-state index is -3.97. The van der Waals surface area contributed by atoms with E-state index in [1.165, 1.54) is 13.1 Å². The lowest BCUT2D eigenvalue weighted by molar-refractivity contribution is -0.119. The van der Waals surface area contributed by atoms with Crippen LogP contribution in [-0.2, 0) is 29.7 Å². The summed E-state index contributed by atoms with van der Waals surface area (Å²) < 4.78 is 32.7. The highest BCUT2D eigenvalue weighted by molar-refractivity contribution is 8.13. The fraction of sp³-hybridized carbons (Fsp3) is 0.481. The lowest BCUT2D eigenvalue weighted by atomic mass is 9.96. The lowest BCUT2D eigenvalue weighted by Crippen LogP contribution is -2.44. The molecule has 4 rings (SSSR count). The number of aromatic nitrogens is 2. The van der Waals surface area contributed by atoms with E-state index in [1.807, 2.05) is 30.3 Å². The summed E-state index contributed by atoms with van der Waals surface area (Å²) in [5.41, 5.74) is 5.20. The van der Waals surface area contributed by atoms with E-state index < -0.39 is 37.2 Å². The Bertz CT molecular complexity index is 1390. The van der Waals surface area contributed by atoms with Crippen LogP contribution >= 0.6 is 19.5 Å². The summed E-state index contributed by atoms with van der Waals surface area (Å²) in [6.45, 7) is 4.12. The summed E-state index contributed by atoms with van der Waals surface area (Å²) in [4.78, 5) is 16.6. The summed E-state index contributed by atoms with van der Waals surface area (Å²) in [5, 5.41) is 34.8. The molecule has 0 radical (unpaired) electrons. The van der Waals surface area contributed by atoms with E-state index in [1.54, 1.807) is 36.7 Å². The molecular weight excluding hydrogens is 571 g/mol. The third kappa shape index (κ3) is 7.19. The van der Waals surface area contributed by atoms with Crippen LogP contribution in [0.5, 0.6) is 0 Å². The van der Waals surface area contributed by atoms with E-state index in [-0.39, 0.29) is 37.2 Å². The molecule has 2 aromatic heterocycles. The van der Waals surface area contributed by atoms with Gasteiger partial charge in [-0.2, -0.15) is 0 Å². The first kappa shape index (κ1) is 31.6. The Balaban J connectivity index is 1.44. The molecule has 6 N–H and O–H groups in total. The molecule has 0 spiro atoms. The number of thioether (sulfide) groups is 1. The molecule has 41 heavy (non-hydrogen) atoms. The van der Waals surface area contributed by atoms with Gasteiger partial charge in [-0.15, -0.1) is 0 Å². The highest BCUT2D eigenvalue weighted by Crippen LogP contribution is 2.47. The van der Waals surface area contributed by atoms with Gasteiger partial charge in [-0.05, 0) is 38.5 Å². The quantitative estimate of drug-likeness (QED) is 0.142. The van der Waals surface area contributed by atoms with E-state index >= 15 is 0 Å². The molecule has 5 atom stereocenters. The molecule has 0 aliphatic carbocycles. The first-order valence-corrected chi connectivity index (χ1v) is 15.6. The summed E-state index contributed by atoms with van der Waals surface area (Å²) in [7, 11) is -3.97. The van der Waals surface area contributed by atoms with Gasteiger partial charge in [0.25, 0.3) is 0 Å². The van der Waals surface area contributed by atoms with Crippen molar-refractivity contribution in [2.45, 2.75) is 51.4 Å². The van der Waals surface area contributed by atoms with Gasteiger partial charge < -0.3 is 30.4 Å². The minimum absolute atomic E-state index is 0.0894. The maximum atomic E-state index is 13.7. The zero-order chi connectivity index (χ0) is 29.8. The predicted molar refractivity (Wildman–Crippen MR) is 156 cm³/mol. The van der Waals surface area contributed by atoms with Crippen LogP contribution in [0.4, 0.5) is 5.69 Å². The SMILES string of the molecule is CC(C)(CO)C(=O)SCCOP(=O)(NCc1ccccc1)OC[C@H]1O[C@@H](n2ccc3c(N)ccnc32)[C@@](C)(O)C1O. The van der Waals surface area contributed by atoms with Crippen LogP contribution in [0.1, 0.15) is 32.6 Å². The van der Waals surface area contributed by atoms with Crippen molar-refractivity contribution in [2.24, 2.45) is 5.41 Å². The molecule has 0 amide bonds. The molecule has 14 heteroatoms. The van der Waals surface area contributed by atoms with Gasteiger partial charge in [0.15, 0.2) is 11.3 Å². The number of nitrogens with one attached hydrogen (secondary N) is 1. The molecule has 2 unspecified atom stereocenters. The van der Waals surface area contributed by atoms with Gasteiger partial charge in [0, 0.05) is 35.8 Å². The Morgan fingerprint density at radius 1 is 1.27 bits per heavy atom. The first-order chi connectivity index (χ1) is 19.4. The van der Waals surface area contributed by atoms with Crippen molar-refractivity contribution in [3.63, 3.8) is 0 Å². The molecule has 1 aliphatic heterocycles. The standard InChI is InChI=1S/C27H37N4O8PS/c1-26(2,17-32)25(34)41-14-13-37-40(36,30-15-18-7-5-4-6-8-18)38-16-21-22(33)27(3,35)24(39-21)31-12-10-19-20(28)9-11-29-23(19)31/h4-12,21-22,24,32-33,35H,13-17H2,1-3H3,(H2,28,29)(H,30,36)/t21-,22?,24-,27+,40?/m1/s1. The Kier molecular flexibility index (Phi) is 9.95. The van der Waals surface area contributed by atoms with Crippen molar-refractivity contribution in [3.05, 3.63) is 60.4 Å². The highest BCUT2D eigenvalue weighted by Gasteiger charge is 2.54. The van der Waals surface area contributed by atoms with Gasteiger partial charge in [-0.1, -0.05) is 42.1 Å². The molecule has 3 aromatic rings. The topological polar surface area (TPSA) is 178 Å². The number of aliphatic hydroxyl groups is 3. The number of pyridine rings is 1. The fourth-order valence-electron chi connectivity index (χ4n) is 4.28. The summed E-state index contributed by atoms with van der Waals surface area (Å²) in [6, 6.07) is 12.6. The second kappa shape index (κ2) is 12.9. The first-order valence-electron chi connectivity index (χ1n) is 13.1. The second-order valence-corrected chi connectivity index (χ2v) is 13.6. The van der Waals surface area contributed by atoms with Crippen LogP contribution in [0, 0.1) is 5.41 Å². The van der Waals surface area contributed by atoms with Crippen molar-refractivity contribution >= 4 is 41.3 Å². The van der Waals surface area contributed by atoms with E-state index in [4.69, 9.17) is 19.5 Å². The van der Waals surface area contributed by atoms with Gasteiger partial charge in [0.05, 0.1) is 25.2 Å². The number of aliphatic hydroxyl groups excluding tert-OH is 2. The molecular formula is C27H37N4O8PS. The van der Waals surface area contributed by atoms with Crippen molar-refractivity contribution in [1.29, 1.82) is 0 Å². The maximum Gasteiger partial charge on any atom is 0.405 e. The number of ether oxygens (including phenoxy) is 1. The Hall–Kier alpha value is -2.32. The number of nitrogen functional groups attached to an aromatic ring is 1. The Morgan fingerprint density at radius 3 is 2.71 bits per heavy atom. The van der Waals surface area contributed by atoms with Crippen LogP contribution in [0.25, 0.3) is 11.0 Å². The average molecular weight is 609 g/mol. The average Bonchev–Trinajstić information content (AvgIpc) is 3.48. The number of nitrogens with two attached hydrogens (primary N) is 1. The third-order valence-electron chi connectivity index (χ3n) is 6.91. The Labute approximate surface area is 242 Å². The smallest absolute Gasteiger partial charge is 0.398 e. The third-order valence-corrected chi connectivity index (χ3v) is 9.65. The van der Waals surface area contributed by atoms with Crippen molar-refractivity contribution in [3.8, 4) is 0 Å². The number of carbonyl (C=O) groups is 1. The van der Waals surface area contributed by atoms with Gasteiger partial charge in [-0.3, -0.25) is 13.8 Å². The molecule has 12 nitrogen and oxygen atoms in total. The second-order valence-electron chi connectivity index (χ2n) is 10.7. The predicted octanol–water partition coefficient (Wildman–Crippen LogP) is 2.84. The van der Waals surface area contributed by atoms with Gasteiger partial charge in [0.2, 0.25) is 0 Å². The van der Waals surface area contributed by atoms with Crippen molar-refractivity contribution in [1.82, 2.24) is 14.6 Å². The van der Waals surface area contributed by atoms with E-state index in [2.05, 4.69) is 10.1 Å². The largest absolute Gasteiger partial charge is 0.405 e. The van der Waals surface area contributed by atoms with Crippen LogP contribution in [-0.4, -0.2) is 73.4 Å². The fourth-order valence-corrected chi connectivity index (χ4v) is 6.52. The zero-order valence-corrected chi connectivity index (χ0v) is 24.9. The normalized spacial score (nSPS) is 24.5. The van der Waals surface area contributed by atoms with Gasteiger partial charge in [-0.25, -0.2) is 14.6 Å². The number of rotatable bonds is 13. The maximum absolute atomic E-state index is 13.7. The number of nitrogens with zero attached hydrogens (tertiary/aromatic N) is 2.